The number of fused-ring (bicyclic) bond motifs is 1. The lowest BCUT2D eigenvalue weighted by Gasteiger charge is -2.43. The second-order valence-corrected chi connectivity index (χ2v) is 6.96. The molecule has 0 radical (unpaired) electrons. The lowest BCUT2D eigenvalue weighted by Crippen LogP contribution is -2.45. The van der Waals surface area contributed by atoms with Crippen molar-refractivity contribution in [2.45, 2.75) is 25.4 Å². The average molecular weight is 342 g/mol. The first kappa shape index (κ1) is 16.5. The Morgan fingerprint density at radius 1 is 0.808 bits per heavy atom. The standard InChI is InChI=1S/C24H22O2/c1-17-22(25)20-15-9-10-16-21(20)24(2,18-11-5-3-6-12-18)23(17)26-19-13-7-4-8-14-19/h3-16,23,25H,1-2H3. The zero-order chi connectivity index (χ0) is 18.1. The third-order valence-corrected chi connectivity index (χ3v) is 5.40. The van der Waals surface area contributed by atoms with Crippen molar-refractivity contribution in [2.75, 3.05) is 0 Å². The van der Waals surface area contributed by atoms with Gasteiger partial charge in [-0.3, -0.25) is 0 Å². The van der Waals surface area contributed by atoms with Crippen LogP contribution in [0, 0.1) is 0 Å². The molecule has 130 valence electrons. The molecule has 3 aromatic carbocycles. The summed E-state index contributed by atoms with van der Waals surface area (Å²) < 4.78 is 6.45. The number of para-hydroxylation sites is 1. The van der Waals surface area contributed by atoms with Crippen LogP contribution in [0.25, 0.3) is 5.76 Å². The van der Waals surface area contributed by atoms with Crippen molar-refractivity contribution in [1.82, 2.24) is 0 Å². The van der Waals surface area contributed by atoms with E-state index in [4.69, 9.17) is 4.74 Å². The number of benzene rings is 3. The molecule has 26 heavy (non-hydrogen) atoms. The van der Waals surface area contributed by atoms with E-state index < -0.39 is 5.41 Å². The maximum atomic E-state index is 10.9. The molecule has 2 nitrogen and oxygen atoms in total. The van der Waals surface area contributed by atoms with Gasteiger partial charge >= 0.3 is 0 Å². The molecule has 0 saturated heterocycles. The Labute approximate surface area is 154 Å². The van der Waals surface area contributed by atoms with Crippen molar-refractivity contribution in [2.24, 2.45) is 0 Å². The molecule has 0 spiro atoms. The molecule has 2 atom stereocenters. The van der Waals surface area contributed by atoms with Crippen LogP contribution in [0.5, 0.6) is 5.75 Å². The fourth-order valence-electron chi connectivity index (χ4n) is 3.99. The summed E-state index contributed by atoms with van der Waals surface area (Å²) in [6.45, 7) is 4.16. The number of rotatable bonds is 3. The minimum Gasteiger partial charge on any atom is -0.507 e. The fraction of sp³-hybridized carbons (Fsp3) is 0.167. The molecule has 0 fully saturated rings. The summed E-state index contributed by atoms with van der Waals surface area (Å²) in [5.74, 6) is 1.11. The molecular formula is C24H22O2. The van der Waals surface area contributed by atoms with Crippen LogP contribution < -0.4 is 4.74 Å². The Balaban J connectivity index is 1.94. The molecule has 0 saturated carbocycles. The van der Waals surface area contributed by atoms with Crippen molar-refractivity contribution in [3.8, 4) is 5.75 Å². The molecule has 1 aliphatic carbocycles. The van der Waals surface area contributed by atoms with Gasteiger partial charge in [0.05, 0.1) is 5.41 Å². The molecule has 3 aromatic rings. The van der Waals surface area contributed by atoms with E-state index >= 15 is 0 Å². The second-order valence-electron chi connectivity index (χ2n) is 6.96. The van der Waals surface area contributed by atoms with E-state index in [0.29, 0.717) is 5.76 Å². The minimum atomic E-state index is -0.413. The first-order chi connectivity index (χ1) is 12.6. The Kier molecular flexibility index (Phi) is 4.04. The van der Waals surface area contributed by atoms with Crippen LogP contribution in [-0.2, 0) is 5.41 Å². The van der Waals surface area contributed by atoms with Crippen molar-refractivity contribution >= 4 is 5.76 Å². The maximum absolute atomic E-state index is 10.9. The van der Waals surface area contributed by atoms with E-state index in [-0.39, 0.29) is 6.10 Å². The number of aliphatic hydroxyl groups excluding tert-OH is 1. The maximum Gasteiger partial charge on any atom is 0.137 e. The lowest BCUT2D eigenvalue weighted by molar-refractivity contribution is 0.164. The zero-order valence-electron chi connectivity index (χ0n) is 15.0. The van der Waals surface area contributed by atoms with Crippen LogP contribution in [0.1, 0.15) is 30.5 Å². The monoisotopic (exact) mass is 342 g/mol. The van der Waals surface area contributed by atoms with Crippen molar-refractivity contribution in [1.29, 1.82) is 0 Å². The summed E-state index contributed by atoms with van der Waals surface area (Å²) in [6.07, 6.45) is -0.304. The molecule has 0 heterocycles. The van der Waals surface area contributed by atoms with Gasteiger partial charge in [-0.15, -0.1) is 0 Å². The first-order valence-corrected chi connectivity index (χ1v) is 8.89. The van der Waals surface area contributed by atoms with Crippen molar-refractivity contribution in [3.63, 3.8) is 0 Å². The second kappa shape index (κ2) is 6.38. The summed E-state index contributed by atoms with van der Waals surface area (Å²) in [5, 5.41) is 10.9. The molecule has 0 aromatic heterocycles. The number of hydrogen-bond acceptors (Lipinski definition) is 2. The van der Waals surface area contributed by atoms with Crippen LogP contribution in [0.4, 0.5) is 0 Å². The van der Waals surface area contributed by atoms with Crippen LogP contribution >= 0.6 is 0 Å². The molecule has 2 heteroatoms. The number of ether oxygens (including phenoxy) is 1. The van der Waals surface area contributed by atoms with E-state index in [1.165, 1.54) is 5.56 Å². The highest BCUT2D eigenvalue weighted by Crippen LogP contribution is 2.47. The van der Waals surface area contributed by atoms with Gasteiger partial charge in [0.25, 0.3) is 0 Å². The van der Waals surface area contributed by atoms with E-state index in [1.807, 2.05) is 61.5 Å². The van der Waals surface area contributed by atoms with Crippen molar-refractivity contribution < 1.29 is 9.84 Å². The van der Waals surface area contributed by atoms with Gasteiger partial charge in [-0.05, 0) is 37.1 Å². The summed E-state index contributed by atoms with van der Waals surface area (Å²) in [7, 11) is 0. The predicted molar refractivity (Wildman–Crippen MR) is 105 cm³/mol. The Morgan fingerprint density at radius 2 is 1.38 bits per heavy atom. The molecule has 1 aliphatic rings. The summed E-state index contributed by atoms with van der Waals surface area (Å²) in [5.41, 5.74) is 3.56. The highest BCUT2D eigenvalue weighted by atomic mass is 16.5. The van der Waals surface area contributed by atoms with Gasteiger partial charge in [0.1, 0.15) is 17.6 Å². The molecular weight excluding hydrogens is 320 g/mol. The molecule has 0 amide bonds. The van der Waals surface area contributed by atoms with E-state index in [9.17, 15) is 5.11 Å². The lowest BCUT2D eigenvalue weighted by atomic mass is 9.65. The summed E-state index contributed by atoms with van der Waals surface area (Å²) in [4.78, 5) is 0. The molecule has 0 aliphatic heterocycles. The molecule has 1 N–H and O–H groups in total. The fourth-order valence-corrected chi connectivity index (χ4v) is 3.99. The highest BCUT2D eigenvalue weighted by molar-refractivity contribution is 5.72. The molecule has 2 unspecified atom stereocenters. The quantitative estimate of drug-likeness (QED) is 0.657. The van der Waals surface area contributed by atoms with Gasteiger partial charge in [0.2, 0.25) is 0 Å². The minimum absolute atomic E-state index is 0.304. The Hall–Kier alpha value is -3.00. The Bertz CT molecular complexity index is 944. The Morgan fingerprint density at radius 3 is 2.08 bits per heavy atom. The third-order valence-electron chi connectivity index (χ3n) is 5.40. The van der Waals surface area contributed by atoms with Gasteiger partial charge in [0, 0.05) is 11.1 Å². The zero-order valence-corrected chi connectivity index (χ0v) is 15.0. The normalized spacial score (nSPS) is 22.0. The summed E-state index contributed by atoms with van der Waals surface area (Å²) >= 11 is 0. The molecule has 0 bridgehead atoms. The van der Waals surface area contributed by atoms with Crippen LogP contribution in [-0.4, -0.2) is 11.2 Å². The topological polar surface area (TPSA) is 29.5 Å². The molecule has 4 rings (SSSR count). The van der Waals surface area contributed by atoms with Gasteiger partial charge in [0.15, 0.2) is 0 Å². The number of hydrogen-bond donors (Lipinski definition) is 1. The van der Waals surface area contributed by atoms with Gasteiger partial charge in [-0.2, -0.15) is 0 Å². The van der Waals surface area contributed by atoms with E-state index in [0.717, 1.165) is 22.4 Å². The average Bonchev–Trinajstić information content (AvgIpc) is 2.71. The van der Waals surface area contributed by atoms with Crippen LogP contribution in [0.15, 0.2) is 90.5 Å². The van der Waals surface area contributed by atoms with Crippen LogP contribution in [0.2, 0.25) is 0 Å². The SMILES string of the molecule is CC1=C(O)c2ccccc2C(C)(c2ccccc2)C1Oc1ccccc1. The van der Waals surface area contributed by atoms with Crippen molar-refractivity contribution in [3.05, 3.63) is 107 Å². The first-order valence-electron chi connectivity index (χ1n) is 8.89. The van der Waals surface area contributed by atoms with Gasteiger partial charge < -0.3 is 9.84 Å². The predicted octanol–water partition coefficient (Wildman–Crippen LogP) is 5.74. The van der Waals surface area contributed by atoms with E-state index in [1.54, 1.807) is 0 Å². The largest absolute Gasteiger partial charge is 0.507 e. The van der Waals surface area contributed by atoms with Gasteiger partial charge in [-0.25, -0.2) is 0 Å². The van der Waals surface area contributed by atoms with Crippen LogP contribution in [0.3, 0.4) is 0 Å². The smallest absolute Gasteiger partial charge is 0.137 e. The number of aliphatic hydroxyl groups is 1. The van der Waals surface area contributed by atoms with E-state index in [2.05, 4.69) is 37.3 Å². The summed E-state index contributed by atoms with van der Waals surface area (Å²) in [6, 6.07) is 28.3. The van der Waals surface area contributed by atoms with Gasteiger partial charge in [-0.1, -0.05) is 72.8 Å². The third kappa shape index (κ3) is 2.50. The highest BCUT2D eigenvalue weighted by Gasteiger charge is 2.46.